The highest BCUT2D eigenvalue weighted by molar-refractivity contribution is 9.10. The first-order valence-corrected chi connectivity index (χ1v) is 5.12. The summed E-state index contributed by atoms with van der Waals surface area (Å²) < 4.78 is 14.2. The first kappa shape index (κ1) is 11.4. The minimum absolute atomic E-state index is 0.275. The van der Waals surface area contributed by atoms with Crippen molar-refractivity contribution in [1.29, 1.82) is 0 Å². The largest absolute Gasteiger partial charge is 0.389 e. The first-order chi connectivity index (χ1) is 6.50. The second kappa shape index (κ2) is 4.71. The molecule has 0 aliphatic rings. The molecule has 1 aromatic rings. The maximum absolute atomic E-state index is 13.3. The predicted octanol–water partition coefficient (Wildman–Crippen LogP) is 3.37. The Balaban J connectivity index is 3.12. The summed E-state index contributed by atoms with van der Waals surface area (Å²) in [7, 11) is 0. The van der Waals surface area contributed by atoms with Crippen molar-refractivity contribution in [2.24, 2.45) is 0 Å². The summed E-state index contributed by atoms with van der Waals surface area (Å²) in [6.45, 7) is 3.41. The van der Waals surface area contributed by atoms with E-state index in [1.807, 2.05) is 0 Å². The van der Waals surface area contributed by atoms with Gasteiger partial charge in [0.1, 0.15) is 5.82 Å². The van der Waals surface area contributed by atoms with E-state index in [0.717, 1.165) is 10.0 Å². The van der Waals surface area contributed by atoms with Gasteiger partial charge in [0, 0.05) is 10.0 Å². The number of aliphatic hydroxyl groups is 1. The molecule has 14 heavy (non-hydrogen) atoms. The van der Waals surface area contributed by atoms with Crippen molar-refractivity contribution in [3.8, 4) is 0 Å². The summed E-state index contributed by atoms with van der Waals surface area (Å²) in [6, 6.07) is 4.75. The molecule has 0 radical (unpaired) electrons. The van der Waals surface area contributed by atoms with E-state index in [1.54, 1.807) is 32.1 Å². The van der Waals surface area contributed by atoms with Crippen LogP contribution in [0.15, 0.2) is 28.7 Å². The molecular weight excluding hydrogens is 247 g/mol. The van der Waals surface area contributed by atoms with Crippen LogP contribution in [0.25, 0.3) is 5.57 Å². The van der Waals surface area contributed by atoms with Crippen molar-refractivity contribution >= 4 is 21.5 Å². The van der Waals surface area contributed by atoms with Crippen LogP contribution in [-0.2, 0) is 0 Å². The van der Waals surface area contributed by atoms with E-state index in [9.17, 15) is 4.39 Å². The lowest BCUT2D eigenvalue weighted by Gasteiger charge is -2.05. The highest BCUT2D eigenvalue weighted by Gasteiger charge is 2.05. The average Bonchev–Trinajstić information content (AvgIpc) is 2.08. The van der Waals surface area contributed by atoms with E-state index >= 15 is 0 Å². The lowest BCUT2D eigenvalue weighted by atomic mass is 10.1. The molecule has 3 heteroatoms. The zero-order valence-corrected chi connectivity index (χ0v) is 9.68. The van der Waals surface area contributed by atoms with Crippen LogP contribution in [0.3, 0.4) is 0 Å². The van der Waals surface area contributed by atoms with E-state index in [2.05, 4.69) is 15.9 Å². The first-order valence-electron chi connectivity index (χ1n) is 4.32. The molecule has 0 saturated carbocycles. The Hall–Kier alpha value is -0.670. The van der Waals surface area contributed by atoms with Crippen LogP contribution < -0.4 is 0 Å². The fourth-order valence-electron chi connectivity index (χ4n) is 1.25. The molecule has 0 spiro atoms. The molecule has 0 aliphatic carbocycles. The van der Waals surface area contributed by atoms with Crippen molar-refractivity contribution in [3.05, 3.63) is 40.1 Å². The SMILES string of the molecule is C/C(=C/C(C)O)c1cc(Br)ccc1F. The third-order valence-electron chi connectivity index (χ3n) is 1.84. The van der Waals surface area contributed by atoms with E-state index in [1.165, 1.54) is 6.07 Å². The fraction of sp³-hybridized carbons (Fsp3) is 0.273. The van der Waals surface area contributed by atoms with Gasteiger partial charge >= 0.3 is 0 Å². The molecule has 1 rings (SSSR count). The van der Waals surface area contributed by atoms with Crippen LogP contribution in [0.1, 0.15) is 19.4 Å². The molecule has 0 fully saturated rings. The molecule has 1 atom stereocenters. The molecule has 0 heterocycles. The number of benzene rings is 1. The van der Waals surface area contributed by atoms with Gasteiger partial charge in [0.2, 0.25) is 0 Å². The molecule has 76 valence electrons. The normalized spacial score (nSPS) is 14.2. The fourth-order valence-corrected chi connectivity index (χ4v) is 1.61. The number of hydrogen-bond acceptors (Lipinski definition) is 1. The molecule has 1 unspecified atom stereocenters. The number of rotatable bonds is 2. The number of aliphatic hydroxyl groups excluding tert-OH is 1. The van der Waals surface area contributed by atoms with E-state index in [-0.39, 0.29) is 5.82 Å². The third kappa shape index (κ3) is 2.93. The van der Waals surface area contributed by atoms with E-state index in [4.69, 9.17) is 5.11 Å². The number of halogens is 2. The number of allylic oxidation sites excluding steroid dienone is 1. The molecule has 0 aliphatic heterocycles. The van der Waals surface area contributed by atoms with Gasteiger partial charge in [0.25, 0.3) is 0 Å². The van der Waals surface area contributed by atoms with Gasteiger partial charge in [-0.2, -0.15) is 0 Å². The van der Waals surface area contributed by atoms with Gasteiger partial charge in [-0.25, -0.2) is 4.39 Å². The Morgan fingerprint density at radius 3 is 2.79 bits per heavy atom. The summed E-state index contributed by atoms with van der Waals surface area (Å²) >= 11 is 3.27. The zero-order valence-electron chi connectivity index (χ0n) is 8.09. The summed E-state index contributed by atoms with van der Waals surface area (Å²) in [5.41, 5.74) is 1.25. The van der Waals surface area contributed by atoms with Crippen molar-refractivity contribution < 1.29 is 9.50 Å². The molecule has 0 saturated heterocycles. The molecule has 1 aromatic carbocycles. The number of hydrogen-bond donors (Lipinski definition) is 1. The Morgan fingerprint density at radius 1 is 1.57 bits per heavy atom. The maximum atomic E-state index is 13.3. The third-order valence-corrected chi connectivity index (χ3v) is 2.34. The topological polar surface area (TPSA) is 20.2 Å². The van der Waals surface area contributed by atoms with Crippen LogP contribution in [-0.4, -0.2) is 11.2 Å². The van der Waals surface area contributed by atoms with E-state index < -0.39 is 6.10 Å². The van der Waals surface area contributed by atoms with Crippen LogP contribution in [0.5, 0.6) is 0 Å². The Bertz CT molecular complexity index is 358. The zero-order chi connectivity index (χ0) is 10.7. The van der Waals surface area contributed by atoms with Crippen molar-refractivity contribution in [2.45, 2.75) is 20.0 Å². The molecule has 0 amide bonds. The van der Waals surface area contributed by atoms with Gasteiger partial charge in [-0.05, 0) is 37.6 Å². The van der Waals surface area contributed by atoms with Crippen LogP contribution in [0.2, 0.25) is 0 Å². The minimum atomic E-state index is -0.562. The molecule has 1 nitrogen and oxygen atoms in total. The monoisotopic (exact) mass is 258 g/mol. The standard InChI is InChI=1S/C11H12BrFO/c1-7(5-8(2)14)10-6-9(12)3-4-11(10)13/h3-6,8,14H,1-2H3/b7-5-. The molecule has 0 bridgehead atoms. The Morgan fingerprint density at radius 2 is 2.21 bits per heavy atom. The molecule has 1 N–H and O–H groups in total. The lowest BCUT2D eigenvalue weighted by molar-refractivity contribution is 0.244. The van der Waals surface area contributed by atoms with Gasteiger partial charge in [-0.15, -0.1) is 0 Å². The van der Waals surface area contributed by atoms with Crippen molar-refractivity contribution in [3.63, 3.8) is 0 Å². The van der Waals surface area contributed by atoms with Gasteiger partial charge in [-0.1, -0.05) is 22.0 Å². The van der Waals surface area contributed by atoms with Gasteiger partial charge in [0.05, 0.1) is 6.10 Å². The van der Waals surface area contributed by atoms with Crippen LogP contribution in [0.4, 0.5) is 4.39 Å². The Labute approximate surface area is 91.4 Å². The molecule has 0 aromatic heterocycles. The lowest BCUT2D eigenvalue weighted by Crippen LogP contribution is -1.96. The second-order valence-corrected chi connectivity index (χ2v) is 4.13. The van der Waals surface area contributed by atoms with Crippen LogP contribution in [0, 0.1) is 5.82 Å². The van der Waals surface area contributed by atoms with Gasteiger partial charge in [0.15, 0.2) is 0 Å². The van der Waals surface area contributed by atoms with Gasteiger partial charge < -0.3 is 5.11 Å². The highest BCUT2D eigenvalue weighted by atomic mass is 79.9. The molecular formula is C11H12BrFO. The van der Waals surface area contributed by atoms with Crippen LogP contribution >= 0.6 is 15.9 Å². The highest BCUT2D eigenvalue weighted by Crippen LogP contribution is 2.22. The summed E-state index contributed by atoms with van der Waals surface area (Å²) in [6.07, 6.45) is 1.05. The Kier molecular flexibility index (Phi) is 3.84. The second-order valence-electron chi connectivity index (χ2n) is 3.21. The maximum Gasteiger partial charge on any atom is 0.130 e. The average molecular weight is 259 g/mol. The quantitative estimate of drug-likeness (QED) is 0.863. The van der Waals surface area contributed by atoms with Crippen molar-refractivity contribution in [2.75, 3.05) is 0 Å². The van der Waals surface area contributed by atoms with Crippen molar-refractivity contribution in [1.82, 2.24) is 0 Å². The smallest absolute Gasteiger partial charge is 0.130 e. The summed E-state index contributed by atoms with van der Waals surface area (Å²) in [5, 5.41) is 9.13. The predicted molar refractivity (Wildman–Crippen MR) is 59.4 cm³/mol. The van der Waals surface area contributed by atoms with E-state index in [0.29, 0.717) is 5.56 Å². The minimum Gasteiger partial charge on any atom is -0.389 e. The summed E-state index contributed by atoms with van der Waals surface area (Å²) in [5.74, 6) is -0.275. The summed E-state index contributed by atoms with van der Waals surface area (Å²) in [4.78, 5) is 0. The van der Waals surface area contributed by atoms with Gasteiger partial charge in [-0.3, -0.25) is 0 Å².